The molecular formula is C22H16FN3OS. The molecule has 5 rings (SSSR count). The number of amides is 1. The average Bonchev–Trinajstić information content (AvgIpc) is 3.27. The van der Waals surface area contributed by atoms with Crippen molar-refractivity contribution >= 4 is 27.5 Å². The number of para-hydroxylation sites is 1. The van der Waals surface area contributed by atoms with Gasteiger partial charge in [-0.2, -0.15) is 0 Å². The monoisotopic (exact) mass is 389 g/mol. The molecule has 0 N–H and O–H groups in total. The molecule has 1 aliphatic rings. The van der Waals surface area contributed by atoms with Crippen LogP contribution in [0.1, 0.15) is 21.1 Å². The first-order chi connectivity index (χ1) is 13.7. The normalized spacial score (nSPS) is 13.3. The SMILES string of the molecule is O=C1c2c(-c3ccc(F)cc3)ccnc2CN1CCc1nc2ccccc2s1. The summed E-state index contributed by atoms with van der Waals surface area (Å²) in [6, 6.07) is 16.1. The summed E-state index contributed by atoms with van der Waals surface area (Å²) in [7, 11) is 0. The van der Waals surface area contributed by atoms with Crippen molar-refractivity contribution < 1.29 is 9.18 Å². The molecular weight excluding hydrogens is 373 g/mol. The number of carbonyl (C=O) groups excluding carboxylic acids is 1. The fourth-order valence-corrected chi connectivity index (χ4v) is 4.54. The first-order valence-corrected chi connectivity index (χ1v) is 9.88. The Labute approximate surface area is 165 Å². The van der Waals surface area contributed by atoms with Crippen LogP contribution < -0.4 is 0 Å². The van der Waals surface area contributed by atoms with Gasteiger partial charge in [0.2, 0.25) is 0 Å². The molecule has 0 bridgehead atoms. The van der Waals surface area contributed by atoms with E-state index in [9.17, 15) is 9.18 Å². The average molecular weight is 389 g/mol. The first-order valence-electron chi connectivity index (χ1n) is 9.06. The zero-order chi connectivity index (χ0) is 19.1. The molecule has 0 saturated heterocycles. The Balaban J connectivity index is 1.38. The van der Waals surface area contributed by atoms with E-state index in [2.05, 4.69) is 16.0 Å². The van der Waals surface area contributed by atoms with Gasteiger partial charge in [-0.1, -0.05) is 24.3 Å². The topological polar surface area (TPSA) is 46.1 Å². The van der Waals surface area contributed by atoms with Crippen molar-refractivity contribution in [2.45, 2.75) is 13.0 Å². The Morgan fingerprint density at radius 2 is 1.89 bits per heavy atom. The number of rotatable bonds is 4. The summed E-state index contributed by atoms with van der Waals surface area (Å²) in [6.07, 6.45) is 2.42. The highest BCUT2D eigenvalue weighted by Gasteiger charge is 2.31. The van der Waals surface area contributed by atoms with E-state index in [1.165, 1.54) is 12.1 Å². The summed E-state index contributed by atoms with van der Waals surface area (Å²) >= 11 is 1.67. The molecule has 1 amide bonds. The van der Waals surface area contributed by atoms with E-state index in [4.69, 9.17) is 0 Å². The predicted molar refractivity (Wildman–Crippen MR) is 108 cm³/mol. The molecule has 4 aromatic rings. The summed E-state index contributed by atoms with van der Waals surface area (Å²) in [5.74, 6) is -0.318. The van der Waals surface area contributed by atoms with Crippen LogP contribution in [0.5, 0.6) is 0 Å². The zero-order valence-electron chi connectivity index (χ0n) is 14.9. The van der Waals surface area contributed by atoms with Crippen LogP contribution in [0.25, 0.3) is 21.3 Å². The molecule has 6 heteroatoms. The van der Waals surface area contributed by atoms with E-state index in [-0.39, 0.29) is 11.7 Å². The third kappa shape index (κ3) is 2.96. The van der Waals surface area contributed by atoms with Crippen molar-refractivity contribution in [3.63, 3.8) is 0 Å². The van der Waals surface area contributed by atoms with Gasteiger partial charge in [0.25, 0.3) is 5.91 Å². The molecule has 0 atom stereocenters. The number of thiazole rings is 1. The molecule has 0 radical (unpaired) electrons. The molecule has 0 unspecified atom stereocenters. The van der Waals surface area contributed by atoms with E-state index in [1.54, 1.807) is 29.7 Å². The minimum Gasteiger partial charge on any atom is -0.332 e. The highest BCUT2D eigenvalue weighted by molar-refractivity contribution is 7.18. The Morgan fingerprint density at radius 3 is 2.71 bits per heavy atom. The number of nitrogens with zero attached hydrogens (tertiary/aromatic N) is 3. The Hall–Kier alpha value is -3.12. The maximum atomic E-state index is 13.3. The summed E-state index contributed by atoms with van der Waals surface area (Å²) in [6.45, 7) is 1.09. The largest absolute Gasteiger partial charge is 0.332 e. The fourth-order valence-electron chi connectivity index (χ4n) is 3.58. The highest BCUT2D eigenvalue weighted by atomic mass is 32.1. The molecule has 28 heavy (non-hydrogen) atoms. The number of aromatic nitrogens is 2. The van der Waals surface area contributed by atoms with Crippen LogP contribution in [0.2, 0.25) is 0 Å². The number of carbonyl (C=O) groups is 1. The van der Waals surface area contributed by atoms with Gasteiger partial charge in [0.1, 0.15) is 5.82 Å². The van der Waals surface area contributed by atoms with E-state index >= 15 is 0 Å². The van der Waals surface area contributed by atoms with Gasteiger partial charge >= 0.3 is 0 Å². The maximum absolute atomic E-state index is 13.3. The van der Waals surface area contributed by atoms with Crippen LogP contribution in [0.4, 0.5) is 4.39 Å². The van der Waals surface area contributed by atoms with Crippen LogP contribution in [-0.2, 0) is 13.0 Å². The molecule has 138 valence electrons. The van der Waals surface area contributed by atoms with E-state index in [1.807, 2.05) is 29.2 Å². The predicted octanol–water partition coefficient (Wildman–Crippen LogP) is 4.70. The summed E-state index contributed by atoms with van der Waals surface area (Å²) < 4.78 is 14.4. The van der Waals surface area contributed by atoms with Gasteiger partial charge in [-0.15, -0.1) is 11.3 Å². The number of pyridine rings is 1. The second-order valence-electron chi connectivity index (χ2n) is 6.74. The number of fused-ring (bicyclic) bond motifs is 2. The van der Waals surface area contributed by atoms with Gasteiger partial charge in [-0.25, -0.2) is 9.37 Å². The minimum atomic E-state index is -0.293. The summed E-state index contributed by atoms with van der Waals surface area (Å²) in [5, 5.41) is 1.02. The van der Waals surface area contributed by atoms with Crippen LogP contribution >= 0.6 is 11.3 Å². The van der Waals surface area contributed by atoms with E-state index < -0.39 is 0 Å². The molecule has 2 aromatic heterocycles. The van der Waals surface area contributed by atoms with Crippen molar-refractivity contribution in [2.24, 2.45) is 0 Å². The Morgan fingerprint density at radius 1 is 1.07 bits per heavy atom. The van der Waals surface area contributed by atoms with Crippen molar-refractivity contribution in [1.29, 1.82) is 0 Å². The third-order valence-electron chi connectivity index (χ3n) is 4.96. The van der Waals surface area contributed by atoms with Gasteiger partial charge in [0, 0.05) is 19.2 Å². The first kappa shape index (κ1) is 17.0. The molecule has 4 nitrogen and oxygen atoms in total. The molecule has 0 saturated carbocycles. The Kier molecular flexibility index (Phi) is 4.13. The second-order valence-corrected chi connectivity index (χ2v) is 7.85. The molecule has 1 aliphatic heterocycles. The number of benzene rings is 2. The third-order valence-corrected chi connectivity index (χ3v) is 6.06. The standard InChI is InChI=1S/C22H16FN3OS/c23-15-7-5-14(6-8-15)16-9-11-24-18-13-26(22(27)21(16)18)12-10-20-25-17-3-1-2-4-19(17)28-20/h1-9,11H,10,12-13H2. The molecule has 3 heterocycles. The lowest BCUT2D eigenvalue weighted by molar-refractivity contribution is 0.0780. The smallest absolute Gasteiger partial charge is 0.256 e. The second kappa shape index (κ2) is 6.80. The van der Waals surface area contributed by atoms with Gasteiger partial charge in [-0.3, -0.25) is 9.78 Å². The van der Waals surface area contributed by atoms with Crippen molar-refractivity contribution in [2.75, 3.05) is 6.54 Å². The number of hydrogen-bond donors (Lipinski definition) is 0. The van der Waals surface area contributed by atoms with Crippen molar-refractivity contribution in [1.82, 2.24) is 14.9 Å². The minimum absolute atomic E-state index is 0.0245. The number of hydrogen-bond acceptors (Lipinski definition) is 4. The lowest BCUT2D eigenvalue weighted by Gasteiger charge is -2.14. The van der Waals surface area contributed by atoms with Crippen molar-refractivity contribution in [3.8, 4) is 11.1 Å². The molecule has 0 aliphatic carbocycles. The fraction of sp³-hybridized carbons (Fsp3) is 0.136. The van der Waals surface area contributed by atoms with Gasteiger partial charge in [-0.05, 0) is 41.5 Å². The molecule has 2 aromatic carbocycles. The van der Waals surface area contributed by atoms with Gasteiger partial charge in [0.15, 0.2) is 0 Å². The quantitative estimate of drug-likeness (QED) is 0.508. The van der Waals surface area contributed by atoms with Crippen LogP contribution in [0.15, 0.2) is 60.8 Å². The van der Waals surface area contributed by atoms with Crippen molar-refractivity contribution in [3.05, 3.63) is 82.9 Å². The lowest BCUT2D eigenvalue weighted by Crippen LogP contribution is -2.26. The lowest BCUT2D eigenvalue weighted by atomic mass is 10.00. The van der Waals surface area contributed by atoms with Gasteiger partial charge in [0.05, 0.1) is 33.0 Å². The Bertz CT molecular complexity index is 1150. The highest BCUT2D eigenvalue weighted by Crippen LogP contribution is 2.32. The van der Waals surface area contributed by atoms with Crippen LogP contribution in [0.3, 0.4) is 0 Å². The van der Waals surface area contributed by atoms with Gasteiger partial charge < -0.3 is 4.90 Å². The van der Waals surface area contributed by atoms with Crippen LogP contribution in [0, 0.1) is 5.82 Å². The van der Waals surface area contributed by atoms with Crippen LogP contribution in [-0.4, -0.2) is 27.3 Å². The summed E-state index contributed by atoms with van der Waals surface area (Å²) in [5.41, 5.74) is 4.02. The van der Waals surface area contributed by atoms with E-state index in [0.717, 1.165) is 32.0 Å². The molecule has 0 fully saturated rings. The molecule has 0 spiro atoms. The zero-order valence-corrected chi connectivity index (χ0v) is 15.7. The maximum Gasteiger partial charge on any atom is 0.256 e. The van der Waals surface area contributed by atoms with E-state index in [0.29, 0.717) is 25.1 Å². The number of halogens is 1. The summed E-state index contributed by atoms with van der Waals surface area (Å²) in [4.78, 5) is 23.9.